The molecule has 138 valence electrons. The van der Waals surface area contributed by atoms with Crippen molar-refractivity contribution in [1.29, 1.82) is 0 Å². The van der Waals surface area contributed by atoms with Gasteiger partial charge >= 0.3 is 0 Å². The summed E-state index contributed by atoms with van der Waals surface area (Å²) in [5.41, 5.74) is 3.61. The van der Waals surface area contributed by atoms with Crippen LogP contribution in [-0.4, -0.2) is 16.8 Å². The van der Waals surface area contributed by atoms with E-state index < -0.39 is 0 Å². The molecule has 7 heteroatoms. The minimum absolute atomic E-state index is 0.0652. The van der Waals surface area contributed by atoms with Crippen LogP contribution < -0.4 is 10.6 Å². The molecule has 0 unspecified atom stereocenters. The quantitative estimate of drug-likeness (QED) is 0.631. The molecule has 1 aromatic carbocycles. The maximum atomic E-state index is 12.2. The zero-order valence-corrected chi connectivity index (χ0v) is 16.2. The molecule has 1 fully saturated rings. The first kappa shape index (κ1) is 17.9. The Morgan fingerprint density at radius 2 is 2.07 bits per heavy atom. The molecule has 2 N–H and O–H groups in total. The monoisotopic (exact) mass is 397 g/mol. The Kier molecular flexibility index (Phi) is 5.31. The summed E-state index contributed by atoms with van der Waals surface area (Å²) >= 11 is 3.19. The van der Waals surface area contributed by atoms with Crippen molar-refractivity contribution in [3.63, 3.8) is 0 Å². The van der Waals surface area contributed by atoms with E-state index in [0.717, 1.165) is 40.4 Å². The van der Waals surface area contributed by atoms with Crippen LogP contribution in [0.15, 0.2) is 46.5 Å². The second-order valence-electron chi connectivity index (χ2n) is 6.57. The Bertz CT molecular complexity index is 946. The van der Waals surface area contributed by atoms with E-state index in [1.807, 2.05) is 41.1 Å². The first-order chi connectivity index (χ1) is 13.2. The second-order valence-corrected chi connectivity index (χ2v) is 8.21. The molecule has 0 radical (unpaired) electrons. The Hall–Kier alpha value is -2.51. The predicted molar refractivity (Wildman–Crippen MR) is 109 cm³/mol. The largest absolute Gasteiger partial charge is 0.352 e. The van der Waals surface area contributed by atoms with Crippen molar-refractivity contribution in [2.45, 2.75) is 25.8 Å². The fourth-order valence-electron chi connectivity index (χ4n) is 2.68. The molecule has 0 saturated heterocycles. The van der Waals surface area contributed by atoms with Gasteiger partial charge in [0, 0.05) is 34.5 Å². The van der Waals surface area contributed by atoms with Gasteiger partial charge in [-0.25, -0.2) is 4.98 Å². The van der Waals surface area contributed by atoms with E-state index in [1.54, 1.807) is 22.7 Å². The topological polar surface area (TPSA) is 71.1 Å². The van der Waals surface area contributed by atoms with Crippen LogP contribution >= 0.6 is 22.7 Å². The zero-order chi connectivity index (χ0) is 18.6. The van der Waals surface area contributed by atoms with Crippen LogP contribution in [0.5, 0.6) is 0 Å². The molecule has 0 atom stereocenters. The van der Waals surface area contributed by atoms with Gasteiger partial charge in [0.25, 0.3) is 0 Å². The normalized spacial score (nSPS) is 13.3. The van der Waals surface area contributed by atoms with Crippen LogP contribution in [-0.2, 0) is 22.6 Å². The van der Waals surface area contributed by atoms with Crippen molar-refractivity contribution in [2.24, 2.45) is 5.92 Å². The van der Waals surface area contributed by atoms with E-state index in [2.05, 4.69) is 21.0 Å². The van der Waals surface area contributed by atoms with E-state index in [1.165, 1.54) is 0 Å². The summed E-state index contributed by atoms with van der Waals surface area (Å²) in [6.07, 6.45) is 2.22. The fourth-order valence-corrected chi connectivity index (χ4v) is 4.22. The third kappa shape index (κ3) is 4.81. The minimum Gasteiger partial charge on any atom is -0.352 e. The SMILES string of the molecule is O=C(Cc1csc(-c2ccsc2)n1)NCc1cccc(NC(=O)C2CC2)c1. The number of carbonyl (C=O) groups excluding carboxylic acids is 2. The molecule has 2 amide bonds. The number of amides is 2. The first-order valence-electron chi connectivity index (χ1n) is 8.81. The maximum Gasteiger partial charge on any atom is 0.227 e. The van der Waals surface area contributed by atoms with E-state index >= 15 is 0 Å². The summed E-state index contributed by atoms with van der Waals surface area (Å²) in [5.74, 6) is 0.191. The molecule has 0 bridgehead atoms. The number of hydrogen-bond acceptors (Lipinski definition) is 5. The molecular formula is C20H19N3O2S2. The van der Waals surface area contributed by atoms with Crippen LogP contribution in [0.1, 0.15) is 24.1 Å². The summed E-state index contributed by atoms with van der Waals surface area (Å²) in [4.78, 5) is 28.6. The highest BCUT2D eigenvalue weighted by Crippen LogP contribution is 2.30. The van der Waals surface area contributed by atoms with E-state index in [4.69, 9.17) is 0 Å². The lowest BCUT2D eigenvalue weighted by Gasteiger charge is -2.08. The third-order valence-electron chi connectivity index (χ3n) is 4.29. The molecule has 3 aromatic rings. The second kappa shape index (κ2) is 8.02. The van der Waals surface area contributed by atoms with Gasteiger partial charge in [0.05, 0.1) is 12.1 Å². The molecule has 1 aliphatic rings. The lowest BCUT2D eigenvalue weighted by molar-refractivity contribution is -0.120. The van der Waals surface area contributed by atoms with Gasteiger partial charge in [-0.3, -0.25) is 9.59 Å². The molecule has 5 nitrogen and oxygen atoms in total. The smallest absolute Gasteiger partial charge is 0.227 e. The van der Waals surface area contributed by atoms with Crippen LogP contribution in [0.3, 0.4) is 0 Å². The van der Waals surface area contributed by atoms with Gasteiger partial charge < -0.3 is 10.6 Å². The van der Waals surface area contributed by atoms with Crippen molar-refractivity contribution in [3.05, 3.63) is 57.7 Å². The summed E-state index contributed by atoms with van der Waals surface area (Å²) < 4.78 is 0. The van der Waals surface area contributed by atoms with Gasteiger partial charge in [0.15, 0.2) is 0 Å². The molecular weight excluding hydrogens is 378 g/mol. The molecule has 1 aliphatic carbocycles. The molecule has 2 aromatic heterocycles. The lowest BCUT2D eigenvalue weighted by Crippen LogP contribution is -2.24. The molecule has 1 saturated carbocycles. The van der Waals surface area contributed by atoms with Crippen LogP contribution in [0.2, 0.25) is 0 Å². The Morgan fingerprint density at radius 3 is 2.85 bits per heavy atom. The number of benzene rings is 1. The number of nitrogens with zero attached hydrogens (tertiary/aromatic N) is 1. The Morgan fingerprint density at radius 1 is 1.19 bits per heavy atom. The average molecular weight is 398 g/mol. The standard InChI is InChI=1S/C20H19N3O2S2/c24-18(9-17-12-27-20(23-17)15-6-7-26-11-15)21-10-13-2-1-3-16(8-13)22-19(25)14-4-5-14/h1-3,6-8,11-12,14H,4-5,9-10H2,(H,21,24)(H,22,25). The Balaban J connectivity index is 1.29. The maximum absolute atomic E-state index is 12.2. The van der Waals surface area contributed by atoms with Crippen molar-refractivity contribution in [1.82, 2.24) is 10.3 Å². The summed E-state index contributed by atoms with van der Waals surface area (Å²) in [7, 11) is 0. The van der Waals surface area contributed by atoms with Crippen molar-refractivity contribution in [2.75, 3.05) is 5.32 Å². The molecule has 4 rings (SSSR count). The fraction of sp³-hybridized carbons (Fsp3) is 0.250. The highest BCUT2D eigenvalue weighted by Gasteiger charge is 2.29. The molecule has 0 aliphatic heterocycles. The van der Waals surface area contributed by atoms with Crippen LogP contribution in [0.25, 0.3) is 10.6 Å². The third-order valence-corrected chi connectivity index (χ3v) is 5.92. The number of carbonyl (C=O) groups is 2. The highest BCUT2D eigenvalue weighted by molar-refractivity contribution is 7.14. The van der Waals surface area contributed by atoms with Gasteiger partial charge in [0.2, 0.25) is 11.8 Å². The summed E-state index contributed by atoms with van der Waals surface area (Å²) in [6, 6.07) is 9.62. The van der Waals surface area contributed by atoms with Gasteiger partial charge in [0.1, 0.15) is 5.01 Å². The van der Waals surface area contributed by atoms with Crippen molar-refractivity contribution in [3.8, 4) is 10.6 Å². The van der Waals surface area contributed by atoms with E-state index in [0.29, 0.717) is 6.54 Å². The first-order valence-corrected chi connectivity index (χ1v) is 10.6. The number of anilines is 1. The predicted octanol–water partition coefficient (Wildman–Crippen LogP) is 4.08. The number of nitrogens with one attached hydrogen (secondary N) is 2. The van der Waals surface area contributed by atoms with Crippen LogP contribution in [0, 0.1) is 5.92 Å². The number of aromatic nitrogens is 1. The van der Waals surface area contributed by atoms with Crippen molar-refractivity contribution < 1.29 is 9.59 Å². The van der Waals surface area contributed by atoms with E-state index in [-0.39, 0.29) is 24.2 Å². The molecule has 2 heterocycles. The zero-order valence-electron chi connectivity index (χ0n) is 14.6. The molecule has 27 heavy (non-hydrogen) atoms. The number of thiophene rings is 1. The summed E-state index contributed by atoms with van der Waals surface area (Å²) in [6.45, 7) is 0.424. The van der Waals surface area contributed by atoms with Crippen molar-refractivity contribution >= 4 is 40.2 Å². The highest BCUT2D eigenvalue weighted by atomic mass is 32.1. The number of rotatable bonds is 7. The lowest BCUT2D eigenvalue weighted by atomic mass is 10.2. The van der Waals surface area contributed by atoms with Gasteiger partial charge in [-0.1, -0.05) is 12.1 Å². The molecule has 0 spiro atoms. The minimum atomic E-state index is -0.0652. The van der Waals surface area contributed by atoms with Crippen LogP contribution in [0.4, 0.5) is 5.69 Å². The van der Waals surface area contributed by atoms with E-state index in [9.17, 15) is 9.59 Å². The van der Waals surface area contributed by atoms with Gasteiger partial charge in [-0.15, -0.1) is 11.3 Å². The number of thiazole rings is 1. The average Bonchev–Trinajstić information content (AvgIpc) is 3.18. The Labute approximate surface area is 165 Å². The summed E-state index contributed by atoms with van der Waals surface area (Å²) in [5, 5.41) is 12.8. The van der Waals surface area contributed by atoms with Gasteiger partial charge in [-0.2, -0.15) is 11.3 Å². The van der Waals surface area contributed by atoms with Gasteiger partial charge in [-0.05, 0) is 42.0 Å². The number of hydrogen-bond donors (Lipinski definition) is 2.